The van der Waals surface area contributed by atoms with Crippen LogP contribution in [0.2, 0.25) is 0 Å². The van der Waals surface area contributed by atoms with Crippen LogP contribution in [0.15, 0.2) is 46.9 Å². The predicted molar refractivity (Wildman–Crippen MR) is 131 cm³/mol. The molecule has 10 heteroatoms. The van der Waals surface area contributed by atoms with E-state index in [0.29, 0.717) is 11.4 Å². The number of rotatable bonds is 5. The van der Waals surface area contributed by atoms with Gasteiger partial charge in [0.05, 0.1) is 11.5 Å². The first-order valence-electron chi connectivity index (χ1n) is 11.0. The average molecular weight is 493 g/mol. The summed E-state index contributed by atoms with van der Waals surface area (Å²) in [6.07, 6.45) is 2.96. The maximum atomic E-state index is 13.4. The smallest absolute Gasteiger partial charge is 0.269 e. The molecule has 9 nitrogen and oxygen atoms in total. The number of hydrogen-bond acceptors (Lipinski definition) is 7. The van der Waals surface area contributed by atoms with E-state index in [-0.39, 0.29) is 34.9 Å². The molecule has 3 heterocycles. The highest BCUT2D eigenvalue weighted by molar-refractivity contribution is 7.91. The van der Waals surface area contributed by atoms with Crippen LogP contribution in [0.3, 0.4) is 0 Å². The summed E-state index contributed by atoms with van der Waals surface area (Å²) in [6.45, 7) is 5.61. The van der Waals surface area contributed by atoms with Gasteiger partial charge in [0.25, 0.3) is 11.5 Å². The van der Waals surface area contributed by atoms with E-state index in [1.807, 2.05) is 45.0 Å². The summed E-state index contributed by atoms with van der Waals surface area (Å²) in [5.41, 5.74) is 2.03. The van der Waals surface area contributed by atoms with Crippen LogP contribution < -0.4 is 15.6 Å². The Hall–Kier alpha value is -3.97. The first-order valence-corrected chi connectivity index (χ1v) is 12.8. The van der Waals surface area contributed by atoms with Crippen LogP contribution in [0.4, 0.5) is 0 Å². The lowest BCUT2D eigenvalue weighted by atomic mass is 10.1. The van der Waals surface area contributed by atoms with E-state index < -0.39 is 27.3 Å². The number of ether oxygens (including phenoxy) is 1. The monoisotopic (exact) mass is 492 g/mol. The fourth-order valence-electron chi connectivity index (χ4n) is 3.90. The molecule has 1 aromatic carbocycles. The van der Waals surface area contributed by atoms with E-state index >= 15 is 0 Å². The Bertz CT molecular complexity index is 1580. The molecular formula is C25H24N4O5S. The third-order valence-electron chi connectivity index (χ3n) is 6.03. The van der Waals surface area contributed by atoms with Crippen LogP contribution in [-0.4, -0.2) is 41.3 Å². The van der Waals surface area contributed by atoms with Crippen LogP contribution in [0, 0.1) is 32.1 Å². The lowest BCUT2D eigenvalue weighted by Crippen LogP contribution is -2.36. The summed E-state index contributed by atoms with van der Waals surface area (Å²) in [5, 5.41) is 12.3. The SMILES string of the molecule is Cc1cccc(Oc2nc3c(C)cccn3c(=O)c2C=C(C#N)C(=O)NC2CCS(=O)(=O)C2)c1C. The number of nitrogens with one attached hydrogen (secondary N) is 1. The van der Waals surface area contributed by atoms with E-state index in [1.54, 1.807) is 18.3 Å². The average Bonchev–Trinajstić information content (AvgIpc) is 3.15. The highest BCUT2D eigenvalue weighted by Gasteiger charge is 2.30. The van der Waals surface area contributed by atoms with Crippen molar-refractivity contribution < 1.29 is 17.9 Å². The predicted octanol–water partition coefficient (Wildman–Crippen LogP) is 2.62. The van der Waals surface area contributed by atoms with Gasteiger partial charge in [-0.2, -0.15) is 10.2 Å². The number of carbonyl (C=O) groups is 1. The van der Waals surface area contributed by atoms with E-state index in [1.165, 1.54) is 4.40 Å². The van der Waals surface area contributed by atoms with Crippen molar-refractivity contribution in [1.29, 1.82) is 5.26 Å². The number of fused-ring (bicyclic) bond motifs is 1. The summed E-state index contributed by atoms with van der Waals surface area (Å²) < 4.78 is 30.8. The van der Waals surface area contributed by atoms with Gasteiger partial charge in [0.15, 0.2) is 9.84 Å². The first kappa shape index (κ1) is 24.2. The summed E-state index contributed by atoms with van der Waals surface area (Å²) in [4.78, 5) is 30.7. The van der Waals surface area contributed by atoms with Crippen LogP contribution in [0.25, 0.3) is 11.7 Å². The maximum Gasteiger partial charge on any atom is 0.269 e. The number of nitriles is 1. The Labute approximate surface area is 202 Å². The zero-order valence-electron chi connectivity index (χ0n) is 19.5. The number of aromatic nitrogens is 2. The van der Waals surface area contributed by atoms with Gasteiger partial charge < -0.3 is 10.1 Å². The minimum atomic E-state index is -3.22. The summed E-state index contributed by atoms with van der Waals surface area (Å²) in [6, 6.07) is 10.2. The first-order chi connectivity index (χ1) is 16.6. The Morgan fingerprint density at radius 1 is 1.23 bits per heavy atom. The van der Waals surface area contributed by atoms with E-state index in [0.717, 1.165) is 22.8 Å². The zero-order valence-corrected chi connectivity index (χ0v) is 20.3. The molecule has 1 amide bonds. The number of pyridine rings is 1. The molecular weight excluding hydrogens is 468 g/mol. The molecule has 2 aromatic heterocycles. The fourth-order valence-corrected chi connectivity index (χ4v) is 5.57. The van der Waals surface area contributed by atoms with E-state index in [9.17, 15) is 23.3 Å². The topological polar surface area (TPSA) is 131 Å². The number of hydrogen-bond donors (Lipinski definition) is 1. The molecule has 0 radical (unpaired) electrons. The van der Waals surface area contributed by atoms with Gasteiger partial charge in [-0.05, 0) is 62.1 Å². The van der Waals surface area contributed by atoms with E-state index in [2.05, 4.69) is 10.3 Å². The van der Waals surface area contributed by atoms with Crippen molar-refractivity contribution in [2.45, 2.75) is 33.2 Å². The lowest BCUT2D eigenvalue weighted by Gasteiger charge is -2.14. The van der Waals surface area contributed by atoms with Crippen molar-refractivity contribution in [2.24, 2.45) is 0 Å². The van der Waals surface area contributed by atoms with Gasteiger partial charge in [0.1, 0.15) is 28.6 Å². The Balaban J connectivity index is 1.82. The summed E-state index contributed by atoms with van der Waals surface area (Å²) in [5.74, 6) is -0.517. The van der Waals surface area contributed by atoms with Crippen molar-refractivity contribution in [3.8, 4) is 17.7 Å². The largest absolute Gasteiger partial charge is 0.438 e. The van der Waals surface area contributed by atoms with Crippen LogP contribution in [0.5, 0.6) is 11.6 Å². The fraction of sp³-hybridized carbons (Fsp3) is 0.280. The zero-order chi connectivity index (χ0) is 25.3. The van der Waals surface area contributed by atoms with Gasteiger partial charge in [-0.3, -0.25) is 14.0 Å². The van der Waals surface area contributed by atoms with E-state index in [4.69, 9.17) is 4.74 Å². The van der Waals surface area contributed by atoms with Gasteiger partial charge in [-0.25, -0.2) is 8.42 Å². The molecule has 1 unspecified atom stereocenters. The molecule has 1 fully saturated rings. The molecule has 1 N–H and O–H groups in total. The Kier molecular flexibility index (Phi) is 6.45. The third kappa shape index (κ3) is 4.95. The molecule has 180 valence electrons. The Morgan fingerprint density at radius 2 is 1.97 bits per heavy atom. The van der Waals surface area contributed by atoms with Crippen LogP contribution in [-0.2, 0) is 14.6 Å². The minimum absolute atomic E-state index is 0.0212. The van der Waals surface area contributed by atoms with Gasteiger partial charge in [0.2, 0.25) is 5.88 Å². The lowest BCUT2D eigenvalue weighted by molar-refractivity contribution is -0.117. The number of benzene rings is 1. The number of sulfone groups is 1. The van der Waals surface area contributed by atoms with Gasteiger partial charge in [-0.15, -0.1) is 0 Å². The quantitative estimate of drug-likeness (QED) is 0.428. The highest BCUT2D eigenvalue weighted by atomic mass is 32.2. The highest BCUT2D eigenvalue weighted by Crippen LogP contribution is 2.28. The van der Waals surface area contributed by atoms with Gasteiger partial charge in [0, 0.05) is 12.2 Å². The molecule has 1 aliphatic rings. The normalized spacial score (nSPS) is 17.2. The number of nitrogens with zero attached hydrogens (tertiary/aromatic N) is 3. The van der Waals surface area contributed by atoms with Gasteiger partial charge >= 0.3 is 0 Å². The molecule has 1 saturated heterocycles. The molecule has 0 aliphatic carbocycles. The van der Waals surface area contributed by atoms with Crippen molar-refractivity contribution >= 4 is 27.5 Å². The molecule has 0 saturated carbocycles. The number of carbonyl (C=O) groups excluding carboxylic acids is 1. The minimum Gasteiger partial charge on any atom is -0.438 e. The second-order valence-electron chi connectivity index (χ2n) is 8.56. The molecule has 4 rings (SSSR count). The molecule has 1 atom stereocenters. The molecule has 1 aliphatic heterocycles. The van der Waals surface area contributed by atoms with Crippen LogP contribution in [0.1, 0.15) is 28.7 Å². The molecule has 3 aromatic rings. The van der Waals surface area contributed by atoms with Gasteiger partial charge in [-0.1, -0.05) is 18.2 Å². The second kappa shape index (κ2) is 9.35. The summed E-state index contributed by atoms with van der Waals surface area (Å²) >= 11 is 0. The van der Waals surface area contributed by atoms with Crippen LogP contribution >= 0.6 is 0 Å². The molecule has 0 spiro atoms. The van der Waals surface area contributed by atoms with Crippen molar-refractivity contribution in [3.63, 3.8) is 0 Å². The molecule has 35 heavy (non-hydrogen) atoms. The maximum absolute atomic E-state index is 13.4. The molecule has 0 bridgehead atoms. The second-order valence-corrected chi connectivity index (χ2v) is 10.8. The van der Waals surface area contributed by atoms with Crippen molar-refractivity contribution in [3.05, 3.63) is 74.7 Å². The van der Waals surface area contributed by atoms with Crippen molar-refractivity contribution in [1.82, 2.24) is 14.7 Å². The summed E-state index contributed by atoms with van der Waals surface area (Å²) in [7, 11) is -3.22. The standard InChI is InChI=1S/C25H24N4O5S/c1-15-6-4-8-21(17(15)3)34-24-20(25(31)29-10-5-7-16(2)22(29)28-24)12-18(13-26)23(30)27-19-9-11-35(32,33)14-19/h4-8,10,12,19H,9,11,14H2,1-3H3,(H,27,30). The van der Waals surface area contributed by atoms with Crippen molar-refractivity contribution in [2.75, 3.05) is 11.5 Å². The number of amides is 1. The third-order valence-corrected chi connectivity index (χ3v) is 7.80. The Morgan fingerprint density at radius 3 is 2.66 bits per heavy atom. The number of aryl methyl sites for hydroxylation is 2.